The van der Waals surface area contributed by atoms with Crippen LogP contribution in [0.3, 0.4) is 0 Å². The third-order valence-electron chi connectivity index (χ3n) is 1.82. The molecule has 0 amide bonds. The monoisotopic (exact) mass is 198 g/mol. The molecular formula is C6H11ClO5. The first kappa shape index (κ1) is 10.2. The predicted molar refractivity (Wildman–Crippen MR) is 39.6 cm³/mol. The molecule has 1 saturated heterocycles. The first-order chi connectivity index (χ1) is 5.57. The zero-order valence-electron chi connectivity index (χ0n) is 6.17. The highest BCUT2D eigenvalue weighted by Crippen LogP contribution is 2.23. The van der Waals surface area contributed by atoms with Crippen LogP contribution >= 0.6 is 11.6 Å². The first-order valence-corrected chi connectivity index (χ1v) is 3.96. The molecule has 1 rings (SSSR count). The van der Waals surface area contributed by atoms with Crippen LogP contribution in [0.2, 0.25) is 0 Å². The van der Waals surface area contributed by atoms with E-state index in [1.165, 1.54) is 0 Å². The van der Waals surface area contributed by atoms with Gasteiger partial charge in [-0.05, 0) is 0 Å². The van der Waals surface area contributed by atoms with E-state index in [9.17, 15) is 10.2 Å². The number of rotatable bonds is 1. The van der Waals surface area contributed by atoms with Crippen molar-refractivity contribution in [1.29, 1.82) is 0 Å². The van der Waals surface area contributed by atoms with Gasteiger partial charge in [0.2, 0.25) is 0 Å². The molecule has 1 aliphatic rings. The largest absolute Gasteiger partial charge is 0.394 e. The second-order valence-electron chi connectivity index (χ2n) is 2.67. The molecule has 0 aromatic carbocycles. The van der Waals surface area contributed by atoms with Gasteiger partial charge in [0.05, 0.1) is 6.61 Å². The summed E-state index contributed by atoms with van der Waals surface area (Å²) in [5.41, 5.74) is 0. The number of halogens is 1. The van der Waals surface area contributed by atoms with Gasteiger partial charge in [0.25, 0.3) is 0 Å². The Kier molecular flexibility index (Phi) is 3.28. The van der Waals surface area contributed by atoms with E-state index in [1.54, 1.807) is 0 Å². The molecule has 12 heavy (non-hydrogen) atoms. The van der Waals surface area contributed by atoms with Gasteiger partial charge in [0, 0.05) is 0 Å². The van der Waals surface area contributed by atoms with Crippen LogP contribution in [0.25, 0.3) is 0 Å². The van der Waals surface area contributed by atoms with Gasteiger partial charge in [0.15, 0.2) is 6.29 Å². The molecule has 72 valence electrons. The molecule has 0 radical (unpaired) electrons. The summed E-state index contributed by atoms with van der Waals surface area (Å²) < 4.78 is 4.69. The fourth-order valence-corrected chi connectivity index (χ4v) is 1.27. The van der Waals surface area contributed by atoms with Gasteiger partial charge in [-0.3, -0.25) is 0 Å². The summed E-state index contributed by atoms with van der Waals surface area (Å²) in [6.45, 7) is -0.473. The van der Waals surface area contributed by atoms with Gasteiger partial charge in [0.1, 0.15) is 23.7 Å². The molecule has 6 heteroatoms. The van der Waals surface area contributed by atoms with E-state index in [0.717, 1.165) is 0 Å². The molecule has 5 atom stereocenters. The van der Waals surface area contributed by atoms with Crippen molar-refractivity contribution in [1.82, 2.24) is 0 Å². The molecule has 0 aromatic heterocycles. The van der Waals surface area contributed by atoms with Crippen LogP contribution in [-0.2, 0) is 4.74 Å². The second kappa shape index (κ2) is 3.87. The average molecular weight is 198 g/mol. The van der Waals surface area contributed by atoms with Crippen LogP contribution in [0, 0.1) is 0 Å². The zero-order valence-corrected chi connectivity index (χ0v) is 6.92. The second-order valence-corrected chi connectivity index (χ2v) is 3.18. The van der Waals surface area contributed by atoms with E-state index in [2.05, 4.69) is 0 Å². The minimum Gasteiger partial charge on any atom is -0.394 e. The van der Waals surface area contributed by atoms with Crippen molar-refractivity contribution in [2.45, 2.75) is 30.0 Å². The van der Waals surface area contributed by atoms with E-state index >= 15 is 0 Å². The smallest absolute Gasteiger partial charge is 0.174 e. The Balaban J connectivity index is 2.63. The number of hydrogen-bond donors (Lipinski definition) is 4. The summed E-state index contributed by atoms with van der Waals surface area (Å²) in [6, 6.07) is 0. The van der Waals surface area contributed by atoms with E-state index in [-0.39, 0.29) is 0 Å². The summed E-state index contributed by atoms with van der Waals surface area (Å²) in [4.78, 5) is 0. The lowest BCUT2D eigenvalue weighted by atomic mass is 10.0. The van der Waals surface area contributed by atoms with Crippen LogP contribution < -0.4 is 0 Å². The predicted octanol–water partition coefficient (Wildman–Crippen LogP) is -1.97. The summed E-state index contributed by atoms with van der Waals surface area (Å²) in [5.74, 6) is 0. The minimum absolute atomic E-state index is 0.473. The van der Waals surface area contributed by atoms with Crippen molar-refractivity contribution in [3.05, 3.63) is 0 Å². The van der Waals surface area contributed by atoms with Gasteiger partial charge < -0.3 is 25.2 Å². The van der Waals surface area contributed by atoms with Crippen molar-refractivity contribution in [2.24, 2.45) is 0 Å². The van der Waals surface area contributed by atoms with Crippen LogP contribution in [0.5, 0.6) is 0 Å². The maximum absolute atomic E-state index is 9.20. The number of alkyl halides is 1. The quantitative estimate of drug-likeness (QED) is 0.367. The fourth-order valence-electron chi connectivity index (χ4n) is 1.06. The Labute approximate surface area is 74.2 Å². The Morgan fingerprint density at radius 3 is 2.25 bits per heavy atom. The Bertz CT molecular complexity index is 150. The molecule has 5 nitrogen and oxygen atoms in total. The molecule has 0 bridgehead atoms. The molecule has 0 aliphatic carbocycles. The van der Waals surface area contributed by atoms with E-state index in [0.29, 0.717) is 0 Å². The fraction of sp³-hybridized carbons (Fsp3) is 1.00. The van der Waals surface area contributed by atoms with Crippen molar-refractivity contribution >= 4 is 11.6 Å². The van der Waals surface area contributed by atoms with E-state index in [4.69, 9.17) is 26.6 Å². The Morgan fingerprint density at radius 2 is 1.75 bits per heavy atom. The SMILES string of the molecule is OC[C@H]1OC(O)[C@H]([35Cl])[C@@H](O)[C@@H]1O. The van der Waals surface area contributed by atoms with Crippen LogP contribution in [0.15, 0.2) is 0 Å². The van der Waals surface area contributed by atoms with Gasteiger partial charge in [-0.15, -0.1) is 11.6 Å². The van der Waals surface area contributed by atoms with Gasteiger partial charge in [-0.25, -0.2) is 0 Å². The highest BCUT2D eigenvalue weighted by atomic mass is 35.0. The van der Waals surface area contributed by atoms with Crippen LogP contribution in [-0.4, -0.2) is 57.0 Å². The normalized spacial score (nSPS) is 49.2. The topological polar surface area (TPSA) is 90.2 Å². The molecule has 4 N–H and O–H groups in total. The van der Waals surface area contributed by atoms with E-state index < -0.39 is 36.6 Å². The Morgan fingerprint density at radius 1 is 1.17 bits per heavy atom. The molecule has 1 unspecified atom stereocenters. The number of ether oxygens (including phenoxy) is 1. The first-order valence-electron chi connectivity index (χ1n) is 3.52. The van der Waals surface area contributed by atoms with E-state index in [1.807, 2.05) is 0 Å². The summed E-state index contributed by atoms with van der Waals surface area (Å²) in [7, 11) is 0. The third kappa shape index (κ3) is 1.71. The molecule has 0 aromatic rings. The minimum atomic E-state index is -1.36. The van der Waals surface area contributed by atoms with Gasteiger partial charge in [-0.1, -0.05) is 0 Å². The molecule has 0 spiro atoms. The number of aliphatic hydroxyl groups is 4. The number of hydrogen-bond acceptors (Lipinski definition) is 5. The maximum atomic E-state index is 9.20. The lowest BCUT2D eigenvalue weighted by molar-refractivity contribution is -0.236. The molecule has 1 heterocycles. The summed E-state index contributed by atoms with van der Waals surface area (Å²) >= 11 is 5.47. The van der Waals surface area contributed by atoms with Crippen molar-refractivity contribution in [3.63, 3.8) is 0 Å². The Hall–Kier alpha value is 0.0900. The highest BCUT2D eigenvalue weighted by Gasteiger charge is 2.42. The van der Waals surface area contributed by atoms with Crippen LogP contribution in [0.1, 0.15) is 0 Å². The standard InChI is InChI=1S/C6H11ClO5/c7-3-5(10)4(9)2(1-8)12-6(3)11/h2-6,8-11H,1H2/t2-,3-,4-,5-,6?/m1/s1/i7+0. The zero-order chi connectivity index (χ0) is 9.30. The lowest BCUT2D eigenvalue weighted by Gasteiger charge is -2.37. The summed E-state index contributed by atoms with van der Waals surface area (Å²) in [5, 5.41) is 35.0. The summed E-state index contributed by atoms with van der Waals surface area (Å²) in [6.07, 6.45) is -4.89. The van der Waals surface area contributed by atoms with Crippen molar-refractivity contribution < 1.29 is 25.2 Å². The average Bonchev–Trinajstić information content (AvgIpc) is 2.08. The van der Waals surface area contributed by atoms with Crippen LogP contribution in [0.4, 0.5) is 0 Å². The van der Waals surface area contributed by atoms with Crippen molar-refractivity contribution in [2.75, 3.05) is 6.61 Å². The number of aliphatic hydroxyl groups excluding tert-OH is 4. The molecule has 0 saturated carbocycles. The van der Waals surface area contributed by atoms with Gasteiger partial charge >= 0.3 is 0 Å². The van der Waals surface area contributed by atoms with Crippen molar-refractivity contribution in [3.8, 4) is 0 Å². The molecule has 1 fully saturated rings. The highest BCUT2D eigenvalue weighted by molar-refractivity contribution is 6.21. The molecular weight excluding hydrogens is 187 g/mol. The van der Waals surface area contributed by atoms with Gasteiger partial charge in [-0.2, -0.15) is 0 Å². The lowest BCUT2D eigenvalue weighted by Crippen LogP contribution is -2.56. The third-order valence-corrected chi connectivity index (χ3v) is 2.30. The molecule has 1 aliphatic heterocycles. The maximum Gasteiger partial charge on any atom is 0.174 e.